The van der Waals surface area contributed by atoms with Gasteiger partial charge in [0.05, 0.1) is 5.56 Å². The van der Waals surface area contributed by atoms with Crippen LogP contribution in [-0.4, -0.2) is 11.7 Å². The monoisotopic (exact) mass is 301 g/mol. The molecule has 0 radical (unpaired) electrons. The molecule has 0 saturated carbocycles. The summed E-state index contributed by atoms with van der Waals surface area (Å²) < 4.78 is 51.4. The Morgan fingerprint density at radius 1 is 1.26 bits per heavy atom. The first-order valence-electron chi connectivity index (χ1n) is 5.33. The van der Waals surface area contributed by atoms with E-state index in [1.165, 1.54) is 6.07 Å². The van der Waals surface area contributed by atoms with Gasteiger partial charge in [0.1, 0.15) is 5.82 Å². The third-order valence-electron chi connectivity index (χ3n) is 2.92. The van der Waals surface area contributed by atoms with Crippen molar-refractivity contribution in [3.05, 3.63) is 35.1 Å². The highest BCUT2D eigenvalue weighted by molar-refractivity contribution is 5.85. The van der Waals surface area contributed by atoms with E-state index in [1.807, 2.05) is 0 Å². The van der Waals surface area contributed by atoms with Gasteiger partial charge in [0.25, 0.3) is 0 Å². The van der Waals surface area contributed by atoms with Crippen LogP contribution in [0.3, 0.4) is 0 Å². The van der Waals surface area contributed by atoms with Crippen molar-refractivity contribution in [3.63, 3.8) is 0 Å². The Labute approximate surface area is 115 Å². The summed E-state index contributed by atoms with van der Waals surface area (Å²) in [6, 6.07) is 1.95. The fourth-order valence-corrected chi connectivity index (χ4v) is 1.53. The van der Waals surface area contributed by atoms with Crippen LogP contribution in [0.25, 0.3) is 0 Å². The first kappa shape index (κ1) is 18.1. The molecule has 0 aliphatic heterocycles. The summed E-state index contributed by atoms with van der Waals surface area (Å²) in [5.41, 5.74) is 3.23. The predicted octanol–water partition coefficient (Wildman–Crippen LogP) is 3.28. The molecule has 0 aliphatic rings. The van der Waals surface area contributed by atoms with Gasteiger partial charge in [0.15, 0.2) is 0 Å². The zero-order chi connectivity index (χ0) is 14.1. The molecule has 7 heteroatoms. The molecule has 1 aromatic carbocycles. The van der Waals surface area contributed by atoms with E-state index in [0.717, 1.165) is 6.07 Å². The Bertz CT molecular complexity index is 434. The molecule has 110 valence electrons. The first-order valence-corrected chi connectivity index (χ1v) is 5.33. The number of alkyl halides is 3. The van der Waals surface area contributed by atoms with Gasteiger partial charge in [-0.2, -0.15) is 13.2 Å². The summed E-state index contributed by atoms with van der Waals surface area (Å²) in [5.74, 6) is -1.38. The number of aliphatic hydroxyl groups is 1. The molecule has 0 fully saturated rings. The predicted molar refractivity (Wildman–Crippen MR) is 66.4 cm³/mol. The molecule has 0 unspecified atom stereocenters. The topological polar surface area (TPSA) is 46.2 Å². The van der Waals surface area contributed by atoms with Crippen molar-refractivity contribution in [3.8, 4) is 0 Å². The number of rotatable bonds is 3. The highest BCUT2D eigenvalue weighted by atomic mass is 35.5. The van der Waals surface area contributed by atoms with Gasteiger partial charge in [0, 0.05) is 23.6 Å². The van der Waals surface area contributed by atoms with Crippen molar-refractivity contribution < 1.29 is 22.7 Å². The highest BCUT2D eigenvalue weighted by Gasteiger charge is 2.37. The second kappa shape index (κ2) is 6.07. The van der Waals surface area contributed by atoms with Crippen molar-refractivity contribution in [2.75, 3.05) is 6.61 Å². The van der Waals surface area contributed by atoms with Crippen molar-refractivity contribution in [1.29, 1.82) is 0 Å². The van der Waals surface area contributed by atoms with Crippen molar-refractivity contribution in [1.82, 2.24) is 0 Å². The Kier molecular flexibility index (Phi) is 5.80. The van der Waals surface area contributed by atoms with Crippen LogP contribution in [-0.2, 0) is 6.18 Å². The third kappa shape index (κ3) is 3.81. The Balaban J connectivity index is 0.00000324. The van der Waals surface area contributed by atoms with Crippen LogP contribution in [0.1, 0.15) is 31.0 Å². The van der Waals surface area contributed by atoms with Gasteiger partial charge in [-0.25, -0.2) is 4.39 Å². The van der Waals surface area contributed by atoms with Crippen molar-refractivity contribution in [2.45, 2.75) is 26.1 Å². The molecule has 1 aromatic rings. The largest absolute Gasteiger partial charge is 0.419 e. The minimum absolute atomic E-state index is 0. The zero-order valence-electron chi connectivity index (χ0n) is 10.5. The van der Waals surface area contributed by atoms with Crippen molar-refractivity contribution >= 4 is 12.4 Å². The van der Waals surface area contributed by atoms with E-state index in [0.29, 0.717) is 6.07 Å². The van der Waals surface area contributed by atoms with Crippen LogP contribution in [0.4, 0.5) is 17.6 Å². The third-order valence-corrected chi connectivity index (χ3v) is 2.92. The summed E-state index contributed by atoms with van der Waals surface area (Å²) in [4.78, 5) is 0. The van der Waals surface area contributed by atoms with E-state index in [1.54, 1.807) is 13.8 Å². The lowest BCUT2D eigenvalue weighted by atomic mass is 9.81. The summed E-state index contributed by atoms with van der Waals surface area (Å²) in [7, 11) is 0. The van der Waals surface area contributed by atoms with E-state index >= 15 is 0 Å². The molecule has 0 heterocycles. The molecular formula is C12H16ClF4NO. The number of hydrogen-bond donors (Lipinski definition) is 2. The number of nitrogens with two attached hydrogens (primary N) is 1. The summed E-state index contributed by atoms with van der Waals surface area (Å²) in [5, 5.41) is 9.12. The lowest BCUT2D eigenvalue weighted by Crippen LogP contribution is -2.33. The fourth-order valence-electron chi connectivity index (χ4n) is 1.53. The Hall–Kier alpha value is -0.850. The Morgan fingerprint density at radius 3 is 2.21 bits per heavy atom. The standard InChI is InChI=1S/C12H15F4NO.ClH/c1-11(2,6-18)10(17)7-4-3-5-8(9(7)13)12(14,15)16;/h3-5,10,18H,6,17H2,1-2H3;1H/t10-;/m1./s1. The average molecular weight is 302 g/mol. The minimum atomic E-state index is -4.76. The number of benzene rings is 1. The van der Waals surface area contributed by atoms with Gasteiger partial charge < -0.3 is 10.8 Å². The van der Waals surface area contributed by atoms with Gasteiger partial charge >= 0.3 is 6.18 Å². The normalized spacial score (nSPS) is 13.9. The Morgan fingerprint density at radius 2 is 1.79 bits per heavy atom. The molecule has 0 spiro atoms. The van der Waals surface area contributed by atoms with Crippen molar-refractivity contribution in [2.24, 2.45) is 11.1 Å². The second-order valence-corrected chi connectivity index (χ2v) is 4.83. The molecule has 0 aliphatic carbocycles. The molecular weight excluding hydrogens is 286 g/mol. The van der Waals surface area contributed by atoms with Crippen LogP contribution < -0.4 is 5.73 Å². The smallest absolute Gasteiger partial charge is 0.396 e. The lowest BCUT2D eigenvalue weighted by molar-refractivity contribution is -0.140. The quantitative estimate of drug-likeness (QED) is 0.842. The molecule has 1 rings (SSSR count). The zero-order valence-corrected chi connectivity index (χ0v) is 11.3. The first-order chi connectivity index (χ1) is 8.11. The molecule has 2 nitrogen and oxygen atoms in total. The molecule has 1 atom stereocenters. The van der Waals surface area contributed by atoms with E-state index in [9.17, 15) is 17.6 Å². The van der Waals surface area contributed by atoms with Crippen LogP contribution in [0, 0.1) is 11.2 Å². The van der Waals surface area contributed by atoms with Gasteiger partial charge in [-0.1, -0.05) is 26.0 Å². The maximum atomic E-state index is 13.8. The summed E-state index contributed by atoms with van der Waals surface area (Å²) in [6.07, 6.45) is -4.76. The average Bonchev–Trinajstić information content (AvgIpc) is 2.27. The molecule has 0 bridgehead atoms. The number of hydrogen-bond acceptors (Lipinski definition) is 2. The molecule has 0 amide bonds. The fraction of sp³-hybridized carbons (Fsp3) is 0.500. The lowest BCUT2D eigenvalue weighted by Gasteiger charge is -2.30. The molecule has 0 aromatic heterocycles. The van der Waals surface area contributed by atoms with Gasteiger partial charge in [0.2, 0.25) is 0 Å². The number of aliphatic hydroxyl groups excluding tert-OH is 1. The van der Waals surface area contributed by atoms with E-state index in [2.05, 4.69) is 0 Å². The minimum Gasteiger partial charge on any atom is -0.396 e. The van der Waals surface area contributed by atoms with Crippen LogP contribution in [0.5, 0.6) is 0 Å². The maximum absolute atomic E-state index is 13.8. The second-order valence-electron chi connectivity index (χ2n) is 4.83. The molecule has 3 N–H and O–H groups in total. The highest BCUT2D eigenvalue weighted by Crippen LogP contribution is 2.37. The van der Waals surface area contributed by atoms with E-state index in [4.69, 9.17) is 10.8 Å². The SMILES string of the molecule is CC(C)(CO)[C@H](N)c1cccc(C(F)(F)F)c1F.Cl. The maximum Gasteiger partial charge on any atom is 0.419 e. The van der Waals surface area contributed by atoms with Crippen LogP contribution in [0.2, 0.25) is 0 Å². The van der Waals surface area contributed by atoms with E-state index < -0.39 is 29.0 Å². The van der Waals surface area contributed by atoms with Crippen LogP contribution in [0.15, 0.2) is 18.2 Å². The molecule has 0 saturated heterocycles. The van der Waals surface area contributed by atoms with Gasteiger partial charge in [-0.05, 0) is 6.07 Å². The van der Waals surface area contributed by atoms with Gasteiger partial charge in [-0.3, -0.25) is 0 Å². The van der Waals surface area contributed by atoms with E-state index in [-0.39, 0.29) is 24.6 Å². The summed E-state index contributed by atoms with van der Waals surface area (Å²) in [6.45, 7) is 2.75. The number of halogens is 5. The van der Waals surface area contributed by atoms with Gasteiger partial charge in [-0.15, -0.1) is 12.4 Å². The molecule has 19 heavy (non-hydrogen) atoms. The van der Waals surface area contributed by atoms with Crippen LogP contribution >= 0.6 is 12.4 Å². The summed E-state index contributed by atoms with van der Waals surface area (Å²) >= 11 is 0.